The van der Waals surface area contributed by atoms with E-state index < -0.39 is 14.8 Å². The van der Waals surface area contributed by atoms with E-state index in [4.69, 9.17) is 0 Å². The van der Waals surface area contributed by atoms with Crippen LogP contribution in [0.15, 0.2) is 0 Å². The lowest BCUT2D eigenvalue weighted by Gasteiger charge is -2.27. The van der Waals surface area contributed by atoms with E-state index in [1.807, 2.05) is 0 Å². The van der Waals surface area contributed by atoms with E-state index in [2.05, 4.69) is 10.0 Å². The lowest BCUT2D eigenvalue weighted by atomic mass is 10.1. The summed E-state index contributed by atoms with van der Waals surface area (Å²) in [7, 11) is -3.35. The molecular weight excluding hydrogens is 216 g/mol. The fourth-order valence-electron chi connectivity index (χ4n) is 1.28. The molecule has 5 nitrogen and oxygen atoms in total. The van der Waals surface area contributed by atoms with Gasteiger partial charge in [-0.25, -0.2) is 13.1 Å². The summed E-state index contributed by atoms with van der Waals surface area (Å²) >= 11 is 0. The van der Waals surface area contributed by atoms with Crippen LogP contribution in [0.3, 0.4) is 0 Å². The second-order valence-corrected chi connectivity index (χ2v) is 7.24. The normalized spacial score (nSPS) is 23.7. The molecule has 1 atom stereocenters. The van der Waals surface area contributed by atoms with Crippen LogP contribution in [0.1, 0.15) is 33.6 Å². The van der Waals surface area contributed by atoms with Gasteiger partial charge < -0.3 is 5.32 Å². The fraction of sp³-hybridized carbons (Fsp3) is 0.889. The molecule has 0 radical (unpaired) electrons. The average Bonchev–Trinajstić information content (AvgIpc) is 2.00. The first-order chi connectivity index (χ1) is 6.72. The maximum Gasteiger partial charge on any atom is 0.221 e. The molecule has 1 unspecified atom stereocenters. The lowest BCUT2D eigenvalue weighted by molar-refractivity contribution is -0.122. The Labute approximate surface area is 90.7 Å². The smallest absolute Gasteiger partial charge is 0.221 e. The third kappa shape index (κ3) is 3.17. The molecule has 1 heterocycles. The number of amides is 1. The zero-order valence-electron chi connectivity index (χ0n) is 9.33. The molecule has 0 bridgehead atoms. The van der Waals surface area contributed by atoms with E-state index in [1.165, 1.54) is 0 Å². The second kappa shape index (κ2) is 4.09. The van der Waals surface area contributed by atoms with Gasteiger partial charge in [0.25, 0.3) is 0 Å². The maximum atomic E-state index is 11.8. The van der Waals surface area contributed by atoms with Crippen molar-refractivity contribution in [2.75, 3.05) is 6.54 Å². The molecule has 1 rings (SSSR count). The van der Waals surface area contributed by atoms with Crippen molar-refractivity contribution >= 4 is 15.9 Å². The third-order valence-corrected chi connectivity index (χ3v) is 4.63. The maximum absolute atomic E-state index is 11.8. The lowest BCUT2D eigenvalue weighted by Crippen LogP contribution is -2.49. The van der Waals surface area contributed by atoms with Crippen LogP contribution in [0, 0.1) is 0 Å². The molecule has 0 aromatic rings. The van der Waals surface area contributed by atoms with Crippen molar-refractivity contribution in [3.05, 3.63) is 0 Å². The van der Waals surface area contributed by atoms with E-state index in [0.29, 0.717) is 13.0 Å². The molecule has 15 heavy (non-hydrogen) atoms. The first-order valence-corrected chi connectivity index (χ1v) is 6.49. The van der Waals surface area contributed by atoms with Crippen LogP contribution in [-0.2, 0) is 14.8 Å². The molecule has 0 aliphatic carbocycles. The molecule has 1 aliphatic heterocycles. The molecule has 1 amide bonds. The Kier molecular flexibility index (Phi) is 3.40. The molecular formula is C9H18N2O3S. The van der Waals surface area contributed by atoms with Gasteiger partial charge >= 0.3 is 0 Å². The molecule has 0 spiro atoms. The Balaban J connectivity index is 2.66. The number of hydrogen-bond donors (Lipinski definition) is 2. The Morgan fingerprint density at radius 1 is 1.40 bits per heavy atom. The highest BCUT2D eigenvalue weighted by Gasteiger charge is 2.32. The average molecular weight is 234 g/mol. The summed E-state index contributed by atoms with van der Waals surface area (Å²) in [5.41, 5.74) is 0. The number of piperidine rings is 1. The van der Waals surface area contributed by atoms with Crippen LogP contribution in [0.4, 0.5) is 0 Å². The summed E-state index contributed by atoms with van der Waals surface area (Å²) in [6.45, 7) is 5.45. The van der Waals surface area contributed by atoms with Crippen LogP contribution in [-0.4, -0.2) is 31.7 Å². The SMILES string of the molecule is CC(C)(C)S(=O)(=O)NC1CCNC(=O)C1. The van der Waals surface area contributed by atoms with Crippen LogP contribution in [0.2, 0.25) is 0 Å². The van der Waals surface area contributed by atoms with E-state index in [9.17, 15) is 13.2 Å². The van der Waals surface area contributed by atoms with E-state index in [-0.39, 0.29) is 18.4 Å². The van der Waals surface area contributed by atoms with Crippen LogP contribution >= 0.6 is 0 Å². The molecule has 0 saturated carbocycles. The van der Waals surface area contributed by atoms with E-state index in [0.717, 1.165) is 0 Å². The van der Waals surface area contributed by atoms with Crippen molar-refractivity contribution in [1.82, 2.24) is 10.0 Å². The standard InChI is InChI=1S/C9H18N2O3S/c1-9(2,3)15(13,14)11-7-4-5-10-8(12)6-7/h7,11H,4-6H2,1-3H3,(H,10,12). The van der Waals surface area contributed by atoms with Crippen molar-refractivity contribution < 1.29 is 13.2 Å². The highest BCUT2D eigenvalue weighted by molar-refractivity contribution is 7.90. The monoisotopic (exact) mass is 234 g/mol. The molecule has 0 aromatic heterocycles. The van der Waals surface area contributed by atoms with Gasteiger partial charge in [-0.05, 0) is 27.2 Å². The van der Waals surface area contributed by atoms with Gasteiger partial charge in [0.1, 0.15) is 0 Å². The zero-order valence-corrected chi connectivity index (χ0v) is 10.1. The highest BCUT2D eigenvalue weighted by atomic mass is 32.2. The van der Waals surface area contributed by atoms with Crippen molar-refractivity contribution in [3.63, 3.8) is 0 Å². The Morgan fingerprint density at radius 2 is 2.00 bits per heavy atom. The summed E-state index contributed by atoms with van der Waals surface area (Å²) in [6, 6.07) is -0.261. The molecule has 1 saturated heterocycles. The van der Waals surface area contributed by atoms with Crippen molar-refractivity contribution in [2.24, 2.45) is 0 Å². The minimum absolute atomic E-state index is 0.0946. The summed E-state index contributed by atoms with van der Waals surface area (Å²) in [5, 5.41) is 2.66. The summed E-state index contributed by atoms with van der Waals surface area (Å²) in [5.74, 6) is -0.0946. The first kappa shape index (κ1) is 12.4. The van der Waals surface area contributed by atoms with Gasteiger partial charge in [0.15, 0.2) is 0 Å². The predicted octanol–water partition coefficient (Wildman–Crippen LogP) is -0.0171. The zero-order chi connectivity index (χ0) is 11.7. The number of rotatable bonds is 2. The van der Waals surface area contributed by atoms with Gasteiger partial charge in [0.05, 0.1) is 4.75 Å². The summed E-state index contributed by atoms with van der Waals surface area (Å²) in [6.07, 6.45) is 0.885. The van der Waals surface area contributed by atoms with Gasteiger partial charge in [0.2, 0.25) is 15.9 Å². The van der Waals surface area contributed by atoms with Crippen molar-refractivity contribution in [2.45, 2.75) is 44.4 Å². The minimum atomic E-state index is -3.35. The molecule has 88 valence electrons. The minimum Gasteiger partial charge on any atom is -0.356 e. The van der Waals surface area contributed by atoms with E-state index >= 15 is 0 Å². The summed E-state index contributed by atoms with van der Waals surface area (Å²) in [4.78, 5) is 11.1. The van der Waals surface area contributed by atoms with Crippen LogP contribution < -0.4 is 10.0 Å². The van der Waals surface area contributed by atoms with Gasteiger partial charge in [-0.3, -0.25) is 4.79 Å². The fourth-order valence-corrected chi connectivity index (χ4v) is 2.27. The number of carbonyl (C=O) groups is 1. The van der Waals surface area contributed by atoms with Crippen molar-refractivity contribution in [1.29, 1.82) is 0 Å². The highest BCUT2D eigenvalue weighted by Crippen LogP contribution is 2.16. The Hall–Kier alpha value is -0.620. The van der Waals surface area contributed by atoms with Gasteiger partial charge in [-0.15, -0.1) is 0 Å². The van der Waals surface area contributed by atoms with Gasteiger partial charge in [-0.1, -0.05) is 0 Å². The summed E-state index contributed by atoms with van der Waals surface area (Å²) < 4.78 is 25.3. The van der Waals surface area contributed by atoms with Crippen LogP contribution in [0.25, 0.3) is 0 Å². The largest absolute Gasteiger partial charge is 0.356 e. The topological polar surface area (TPSA) is 75.3 Å². The first-order valence-electron chi connectivity index (χ1n) is 5.01. The van der Waals surface area contributed by atoms with Crippen molar-refractivity contribution in [3.8, 4) is 0 Å². The Morgan fingerprint density at radius 3 is 2.47 bits per heavy atom. The molecule has 0 aromatic carbocycles. The third-order valence-electron chi connectivity index (χ3n) is 2.37. The van der Waals surface area contributed by atoms with Crippen LogP contribution in [0.5, 0.6) is 0 Å². The number of hydrogen-bond acceptors (Lipinski definition) is 3. The van der Waals surface area contributed by atoms with Gasteiger partial charge in [0, 0.05) is 19.0 Å². The number of carbonyl (C=O) groups excluding carboxylic acids is 1. The second-order valence-electron chi connectivity index (χ2n) is 4.77. The Bertz CT molecular complexity index is 343. The quantitative estimate of drug-likeness (QED) is 0.705. The van der Waals surface area contributed by atoms with E-state index in [1.54, 1.807) is 20.8 Å². The number of nitrogens with one attached hydrogen (secondary N) is 2. The number of sulfonamides is 1. The molecule has 6 heteroatoms. The molecule has 1 aliphatic rings. The molecule has 1 fully saturated rings. The predicted molar refractivity (Wildman–Crippen MR) is 57.8 cm³/mol. The molecule has 2 N–H and O–H groups in total. The van der Waals surface area contributed by atoms with Gasteiger partial charge in [-0.2, -0.15) is 0 Å².